The number of nitrogens with one attached hydrogen (secondary N) is 2. The van der Waals surface area contributed by atoms with Gasteiger partial charge in [0.05, 0.1) is 6.10 Å². The molecule has 1 fully saturated rings. The summed E-state index contributed by atoms with van der Waals surface area (Å²) in [6.45, 7) is 10.6. The maximum absolute atomic E-state index is 5.86. The molecule has 0 aliphatic heterocycles. The number of ether oxygens (including phenoxy) is 1. The van der Waals surface area contributed by atoms with E-state index in [2.05, 4.69) is 41.6 Å². The van der Waals surface area contributed by atoms with Crippen molar-refractivity contribution < 1.29 is 4.74 Å². The van der Waals surface area contributed by atoms with Gasteiger partial charge < -0.3 is 19.9 Å². The molecule has 1 unspecified atom stereocenters. The van der Waals surface area contributed by atoms with Crippen LogP contribution in [0.15, 0.2) is 4.99 Å². The molecule has 0 radical (unpaired) electrons. The lowest BCUT2D eigenvalue weighted by Gasteiger charge is -2.26. The minimum absolute atomic E-state index is 0. The average molecular weight is 506 g/mol. The third-order valence-electron chi connectivity index (χ3n) is 5.35. The largest absolute Gasteiger partial charge is 0.378 e. The number of hydrogen-bond acceptors (Lipinski definition) is 4. The van der Waals surface area contributed by atoms with E-state index in [1.807, 2.05) is 18.5 Å². The molecular formula is C20H39IN6O. The number of rotatable bonds is 9. The van der Waals surface area contributed by atoms with Gasteiger partial charge in [0.2, 0.25) is 0 Å². The highest BCUT2D eigenvalue weighted by molar-refractivity contribution is 14.0. The fourth-order valence-electron chi connectivity index (χ4n) is 3.49. The lowest BCUT2D eigenvalue weighted by atomic mass is 9.96. The van der Waals surface area contributed by atoms with Gasteiger partial charge in [-0.25, -0.2) is 4.99 Å². The summed E-state index contributed by atoms with van der Waals surface area (Å²) in [5.74, 6) is 3.18. The number of aryl methyl sites for hydroxylation is 1. The fourth-order valence-corrected chi connectivity index (χ4v) is 3.49. The number of hydrogen-bond donors (Lipinski definition) is 2. The van der Waals surface area contributed by atoms with Crippen molar-refractivity contribution in [1.82, 2.24) is 25.4 Å². The van der Waals surface area contributed by atoms with Crippen molar-refractivity contribution in [2.24, 2.45) is 18.0 Å². The Labute approximate surface area is 187 Å². The standard InChI is InChI=1S/C20H38N6O.HI/c1-6-27-18(15(2)3)12-13-21-20(23-17-10-8-7-9-11-17)22-14-19-25-24-16(4)26(19)5;/h15,17-18H,6-14H2,1-5H3,(H2,21,22,23);1H. The number of halogens is 1. The zero-order valence-electron chi connectivity index (χ0n) is 18.2. The van der Waals surface area contributed by atoms with Crippen LogP contribution >= 0.6 is 24.0 Å². The lowest BCUT2D eigenvalue weighted by Crippen LogP contribution is -2.45. The second-order valence-electron chi connectivity index (χ2n) is 7.82. The van der Waals surface area contributed by atoms with Crippen LogP contribution in [0.1, 0.15) is 70.9 Å². The van der Waals surface area contributed by atoms with Gasteiger partial charge in [0, 0.05) is 26.2 Å². The molecule has 1 saturated carbocycles. The summed E-state index contributed by atoms with van der Waals surface area (Å²) in [5, 5.41) is 15.5. The summed E-state index contributed by atoms with van der Waals surface area (Å²) in [7, 11) is 1.98. The molecule has 1 atom stereocenters. The van der Waals surface area contributed by atoms with Gasteiger partial charge in [0.15, 0.2) is 11.8 Å². The molecule has 1 heterocycles. The SMILES string of the molecule is CCOC(CCNC(=NCc1nnc(C)n1C)NC1CCCCC1)C(C)C.I. The third-order valence-corrected chi connectivity index (χ3v) is 5.35. The molecule has 1 aromatic rings. The Bertz CT molecular complexity index is 583. The molecule has 0 amide bonds. The van der Waals surface area contributed by atoms with E-state index >= 15 is 0 Å². The molecule has 0 saturated heterocycles. The first-order chi connectivity index (χ1) is 13.0. The molecule has 8 heteroatoms. The maximum atomic E-state index is 5.86. The number of aromatic nitrogens is 3. The first-order valence-electron chi connectivity index (χ1n) is 10.5. The lowest BCUT2D eigenvalue weighted by molar-refractivity contribution is 0.0258. The number of nitrogens with zero attached hydrogens (tertiary/aromatic N) is 4. The summed E-state index contributed by atoms with van der Waals surface area (Å²) in [6.07, 6.45) is 7.63. The Hall–Kier alpha value is -0.900. The molecule has 162 valence electrons. The summed E-state index contributed by atoms with van der Waals surface area (Å²) < 4.78 is 7.85. The molecule has 0 bridgehead atoms. The van der Waals surface area contributed by atoms with Gasteiger partial charge in [-0.05, 0) is 39.0 Å². The van der Waals surface area contributed by atoms with Crippen LogP contribution in [0.25, 0.3) is 0 Å². The van der Waals surface area contributed by atoms with E-state index in [0.717, 1.165) is 37.2 Å². The minimum Gasteiger partial charge on any atom is -0.378 e. The normalized spacial score (nSPS) is 16.7. The van der Waals surface area contributed by atoms with E-state index in [-0.39, 0.29) is 30.1 Å². The Morgan fingerprint density at radius 2 is 1.96 bits per heavy atom. The summed E-state index contributed by atoms with van der Waals surface area (Å²) in [6, 6.07) is 0.513. The minimum atomic E-state index is 0. The molecule has 1 aliphatic carbocycles. The van der Waals surface area contributed by atoms with E-state index in [4.69, 9.17) is 9.73 Å². The highest BCUT2D eigenvalue weighted by atomic mass is 127. The first kappa shape index (κ1) is 25.1. The van der Waals surface area contributed by atoms with Crippen LogP contribution in [0.4, 0.5) is 0 Å². The molecular weight excluding hydrogens is 467 g/mol. The maximum Gasteiger partial charge on any atom is 0.191 e. The van der Waals surface area contributed by atoms with Crippen molar-refractivity contribution in [3.05, 3.63) is 11.6 Å². The molecule has 7 nitrogen and oxygen atoms in total. The summed E-state index contributed by atoms with van der Waals surface area (Å²) in [4.78, 5) is 4.78. The van der Waals surface area contributed by atoms with Gasteiger partial charge in [-0.3, -0.25) is 0 Å². The molecule has 2 rings (SSSR count). The van der Waals surface area contributed by atoms with Crippen molar-refractivity contribution >= 4 is 29.9 Å². The predicted molar refractivity (Wildman–Crippen MR) is 125 cm³/mol. The topological polar surface area (TPSA) is 76.4 Å². The molecule has 1 aromatic heterocycles. The van der Waals surface area contributed by atoms with Gasteiger partial charge in [-0.15, -0.1) is 34.2 Å². The highest BCUT2D eigenvalue weighted by Gasteiger charge is 2.16. The predicted octanol–water partition coefficient (Wildman–Crippen LogP) is 3.56. The Balaban J connectivity index is 0.00000392. The first-order valence-corrected chi connectivity index (χ1v) is 10.5. The second-order valence-corrected chi connectivity index (χ2v) is 7.82. The Kier molecular flexibility index (Phi) is 12.0. The third kappa shape index (κ3) is 8.23. The smallest absolute Gasteiger partial charge is 0.191 e. The second kappa shape index (κ2) is 13.3. The van der Waals surface area contributed by atoms with Crippen LogP contribution in [0.2, 0.25) is 0 Å². The van der Waals surface area contributed by atoms with E-state index in [0.29, 0.717) is 18.5 Å². The van der Waals surface area contributed by atoms with E-state index < -0.39 is 0 Å². The van der Waals surface area contributed by atoms with Gasteiger partial charge in [-0.1, -0.05) is 33.1 Å². The Morgan fingerprint density at radius 1 is 1.25 bits per heavy atom. The van der Waals surface area contributed by atoms with Crippen LogP contribution in [0, 0.1) is 12.8 Å². The fraction of sp³-hybridized carbons (Fsp3) is 0.850. The van der Waals surface area contributed by atoms with Crippen molar-refractivity contribution in [2.45, 2.75) is 84.9 Å². The molecule has 28 heavy (non-hydrogen) atoms. The van der Waals surface area contributed by atoms with E-state index in [1.54, 1.807) is 0 Å². The van der Waals surface area contributed by atoms with Gasteiger partial charge in [0.1, 0.15) is 12.4 Å². The summed E-state index contributed by atoms with van der Waals surface area (Å²) >= 11 is 0. The van der Waals surface area contributed by atoms with E-state index in [9.17, 15) is 0 Å². The van der Waals surface area contributed by atoms with Crippen LogP contribution < -0.4 is 10.6 Å². The zero-order valence-corrected chi connectivity index (χ0v) is 20.5. The van der Waals surface area contributed by atoms with Crippen molar-refractivity contribution in [1.29, 1.82) is 0 Å². The molecule has 0 aromatic carbocycles. The molecule has 0 spiro atoms. The van der Waals surface area contributed by atoms with Crippen LogP contribution in [0.5, 0.6) is 0 Å². The highest BCUT2D eigenvalue weighted by Crippen LogP contribution is 2.17. The van der Waals surface area contributed by atoms with Crippen molar-refractivity contribution in [2.75, 3.05) is 13.2 Å². The van der Waals surface area contributed by atoms with Crippen LogP contribution in [0.3, 0.4) is 0 Å². The zero-order chi connectivity index (χ0) is 19.6. The van der Waals surface area contributed by atoms with Gasteiger partial charge in [-0.2, -0.15) is 0 Å². The summed E-state index contributed by atoms with van der Waals surface area (Å²) in [5.41, 5.74) is 0. The van der Waals surface area contributed by atoms with Crippen LogP contribution in [-0.2, 0) is 18.3 Å². The number of aliphatic imine (C=N–C) groups is 1. The molecule has 2 N–H and O–H groups in total. The van der Waals surface area contributed by atoms with Gasteiger partial charge >= 0.3 is 0 Å². The van der Waals surface area contributed by atoms with E-state index in [1.165, 1.54) is 32.1 Å². The quantitative estimate of drug-likeness (QED) is 0.304. The van der Waals surface area contributed by atoms with Crippen molar-refractivity contribution in [3.8, 4) is 0 Å². The Morgan fingerprint density at radius 3 is 2.54 bits per heavy atom. The van der Waals surface area contributed by atoms with Crippen molar-refractivity contribution in [3.63, 3.8) is 0 Å². The molecule has 1 aliphatic rings. The average Bonchev–Trinajstić information content (AvgIpc) is 2.98. The monoisotopic (exact) mass is 506 g/mol. The van der Waals surface area contributed by atoms with Gasteiger partial charge in [0.25, 0.3) is 0 Å². The van der Waals surface area contributed by atoms with Crippen LogP contribution in [-0.4, -0.2) is 46.0 Å². The number of guanidine groups is 1.